The van der Waals surface area contributed by atoms with Crippen molar-refractivity contribution in [3.8, 4) is 0 Å². The molecule has 4 rings (SSSR count). The third-order valence-electron chi connectivity index (χ3n) is 5.62. The van der Waals surface area contributed by atoms with Crippen LogP contribution in [-0.4, -0.2) is 47.1 Å². The first kappa shape index (κ1) is 19.5. The predicted molar refractivity (Wildman–Crippen MR) is 115 cm³/mol. The molecule has 0 atom stereocenters. The van der Waals surface area contributed by atoms with Crippen molar-refractivity contribution >= 4 is 22.6 Å². The first-order valence-electron chi connectivity index (χ1n) is 10.2. The second kappa shape index (κ2) is 8.25. The molecule has 29 heavy (non-hydrogen) atoms. The van der Waals surface area contributed by atoms with Crippen LogP contribution in [-0.2, 0) is 17.7 Å². The third kappa shape index (κ3) is 3.98. The fourth-order valence-corrected chi connectivity index (χ4v) is 4.00. The first-order valence-corrected chi connectivity index (χ1v) is 10.2. The summed E-state index contributed by atoms with van der Waals surface area (Å²) in [4.78, 5) is 22.6. The number of morpholine rings is 1. The number of ether oxygens (including phenoxy) is 1. The van der Waals surface area contributed by atoms with Gasteiger partial charge in [0.1, 0.15) is 5.82 Å². The molecular formula is C23H28N4O2. The summed E-state index contributed by atoms with van der Waals surface area (Å²) in [6.45, 7) is 9.58. The Morgan fingerprint density at radius 1 is 1.24 bits per heavy atom. The molecule has 2 N–H and O–H groups in total. The van der Waals surface area contributed by atoms with Gasteiger partial charge in [-0.05, 0) is 49.6 Å². The molecule has 0 saturated carbocycles. The molecule has 0 unspecified atom stereocenters. The molecule has 1 amide bonds. The van der Waals surface area contributed by atoms with Crippen LogP contribution in [0.5, 0.6) is 0 Å². The number of carbonyl (C=O) groups is 1. The van der Waals surface area contributed by atoms with Crippen LogP contribution in [0.4, 0.5) is 5.82 Å². The van der Waals surface area contributed by atoms with Gasteiger partial charge in [0, 0.05) is 42.5 Å². The van der Waals surface area contributed by atoms with E-state index in [1.165, 1.54) is 33.3 Å². The number of nitrogens with one attached hydrogen (secondary N) is 2. The van der Waals surface area contributed by atoms with Gasteiger partial charge in [-0.25, -0.2) is 4.98 Å². The quantitative estimate of drug-likeness (QED) is 0.692. The lowest BCUT2D eigenvalue weighted by atomic mass is 10.0. The van der Waals surface area contributed by atoms with Crippen LogP contribution in [0, 0.1) is 13.8 Å². The third-order valence-corrected chi connectivity index (χ3v) is 5.62. The van der Waals surface area contributed by atoms with Crippen molar-refractivity contribution in [2.45, 2.75) is 33.7 Å². The average Bonchev–Trinajstić information content (AvgIpc) is 3.08. The maximum Gasteiger partial charge on any atom is 0.254 e. The van der Waals surface area contributed by atoms with Crippen LogP contribution in [0.3, 0.4) is 0 Å². The largest absolute Gasteiger partial charge is 0.378 e. The van der Waals surface area contributed by atoms with Gasteiger partial charge < -0.3 is 19.9 Å². The number of benzene rings is 1. The van der Waals surface area contributed by atoms with Crippen LogP contribution in [0.25, 0.3) is 10.9 Å². The van der Waals surface area contributed by atoms with E-state index in [-0.39, 0.29) is 5.91 Å². The fourth-order valence-electron chi connectivity index (χ4n) is 4.00. The molecule has 0 spiro atoms. The Morgan fingerprint density at radius 3 is 2.79 bits per heavy atom. The number of aromatic amines is 1. The van der Waals surface area contributed by atoms with Crippen molar-refractivity contribution in [3.63, 3.8) is 0 Å². The van der Waals surface area contributed by atoms with Gasteiger partial charge in [-0.1, -0.05) is 18.6 Å². The van der Waals surface area contributed by atoms with Crippen LogP contribution in [0.1, 0.15) is 39.7 Å². The summed E-state index contributed by atoms with van der Waals surface area (Å²) in [6, 6.07) is 8.05. The molecule has 0 bridgehead atoms. The summed E-state index contributed by atoms with van der Waals surface area (Å²) < 4.78 is 5.34. The summed E-state index contributed by atoms with van der Waals surface area (Å²) in [5.41, 5.74) is 6.88. The Labute approximate surface area is 171 Å². The highest BCUT2D eigenvalue weighted by molar-refractivity contribution is 5.95. The van der Waals surface area contributed by atoms with E-state index in [1.54, 1.807) is 12.3 Å². The number of carbonyl (C=O) groups excluding carboxylic acids is 1. The molecule has 6 nitrogen and oxygen atoms in total. The standard InChI is InChI=1S/C23H28N4O2/c1-4-20-16(3)19-12-15(2)11-18(22(19)26-20)14-25-21-13-17(5-6-24-21)23(28)27-7-9-29-10-8-27/h5-6,11-13,26H,4,7-10,14H2,1-3H3,(H,24,25). The van der Waals surface area contributed by atoms with E-state index in [9.17, 15) is 4.79 Å². The fraction of sp³-hybridized carbons (Fsp3) is 0.391. The van der Waals surface area contributed by atoms with Gasteiger partial charge in [0.25, 0.3) is 5.91 Å². The number of anilines is 1. The summed E-state index contributed by atoms with van der Waals surface area (Å²) in [5.74, 6) is 0.738. The zero-order valence-electron chi connectivity index (χ0n) is 17.3. The van der Waals surface area contributed by atoms with Crippen LogP contribution < -0.4 is 5.32 Å². The maximum absolute atomic E-state index is 12.7. The summed E-state index contributed by atoms with van der Waals surface area (Å²) in [5, 5.41) is 4.68. The van der Waals surface area contributed by atoms with Gasteiger partial charge in [-0.2, -0.15) is 0 Å². The number of aromatic nitrogens is 2. The molecule has 6 heteroatoms. The maximum atomic E-state index is 12.7. The highest BCUT2D eigenvalue weighted by atomic mass is 16.5. The van der Waals surface area contributed by atoms with E-state index < -0.39 is 0 Å². The van der Waals surface area contributed by atoms with Crippen molar-refractivity contribution in [2.75, 3.05) is 31.6 Å². The minimum Gasteiger partial charge on any atom is -0.378 e. The highest BCUT2D eigenvalue weighted by Gasteiger charge is 2.19. The zero-order valence-corrected chi connectivity index (χ0v) is 17.3. The lowest BCUT2D eigenvalue weighted by Crippen LogP contribution is -2.40. The topological polar surface area (TPSA) is 70.2 Å². The Balaban J connectivity index is 1.54. The molecular weight excluding hydrogens is 364 g/mol. The van der Waals surface area contributed by atoms with Crippen molar-refractivity contribution in [1.82, 2.24) is 14.9 Å². The van der Waals surface area contributed by atoms with E-state index in [0.29, 0.717) is 44.2 Å². The lowest BCUT2D eigenvalue weighted by Gasteiger charge is -2.26. The number of pyridine rings is 1. The molecule has 1 fully saturated rings. The summed E-state index contributed by atoms with van der Waals surface area (Å²) in [6.07, 6.45) is 2.68. The van der Waals surface area contributed by atoms with Gasteiger partial charge in [0.2, 0.25) is 0 Å². The number of rotatable bonds is 5. The molecule has 1 aliphatic rings. The highest BCUT2D eigenvalue weighted by Crippen LogP contribution is 2.27. The van der Waals surface area contributed by atoms with E-state index in [4.69, 9.17) is 4.74 Å². The number of amides is 1. The summed E-state index contributed by atoms with van der Waals surface area (Å²) >= 11 is 0. The molecule has 0 aliphatic carbocycles. The van der Waals surface area contributed by atoms with Gasteiger partial charge in [0.05, 0.1) is 18.7 Å². The van der Waals surface area contributed by atoms with E-state index in [1.807, 2.05) is 11.0 Å². The first-order chi connectivity index (χ1) is 14.1. The van der Waals surface area contributed by atoms with Gasteiger partial charge in [0.15, 0.2) is 0 Å². The minimum atomic E-state index is 0.0317. The molecule has 2 aromatic heterocycles. The molecule has 3 aromatic rings. The van der Waals surface area contributed by atoms with Crippen molar-refractivity contribution in [1.29, 1.82) is 0 Å². The Bertz CT molecular complexity index is 1030. The van der Waals surface area contributed by atoms with Crippen LogP contribution in [0.2, 0.25) is 0 Å². The molecule has 3 heterocycles. The average molecular weight is 393 g/mol. The van der Waals surface area contributed by atoms with Crippen molar-refractivity contribution in [2.24, 2.45) is 0 Å². The van der Waals surface area contributed by atoms with Crippen LogP contribution in [0.15, 0.2) is 30.5 Å². The molecule has 1 saturated heterocycles. The van der Waals surface area contributed by atoms with Gasteiger partial charge >= 0.3 is 0 Å². The van der Waals surface area contributed by atoms with Crippen molar-refractivity contribution < 1.29 is 9.53 Å². The zero-order chi connectivity index (χ0) is 20.4. The number of H-pyrrole nitrogens is 1. The molecule has 152 valence electrons. The molecule has 0 radical (unpaired) electrons. The number of hydrogen-bond donors (Lipinski definition) is 2. The SMILES string of the molecule is CCc1[nH]c2c(CNc3cc(C(=O)N4CCOCC4)ccn3)cc(C)cc2c1C. The van der Waals surface area contributed by atoms with E-state index in [0.717, 1.165) is 6.42 Å². The van der Waals surface area contributed by atoms with Crippen LogP contribution >= 0.6 is 0 Å². The smallest absolute Gasteiger partial charge is 0.254 e. The summed E-state index contributed by atoms with van der Waals surface area (Å²) in [7, 11) is 0. The number of nitrogens with zero attached hydrogens (tertiary/aromatic N) is 2. The van der Waals surface area contributed by atoms with E-state index >= 15 is 0 Å². The number of hydrogen-bond acceptors (Lipinski definition) is 4. The second-order valence-electron chi connectivity index (χ2n) is 7.62. The normalized spacial score (nSPS) is 14.4. The monoisotopic (exact) mass is 392 g/mol. The second-order valence-corrected chi connectivity index (χ2v) is 7.62. The van der Waals surface area contributed by atoms with Crippen molar-refractivity contribution in [3.05, 3.63) is 58.4 Å². The Morgan fingerprint density at radius 2 is 2.03 bits per heavy atom. The van der Waals surface area contributed by atoms with E-state index in [2.05, 4.69) is 48.2 Å². The van der Waals surface area contributed by atoms with Gasteiger partial charge in [-0.3, -0.25) is 4.79 Å². The Kier molecular flexibility index (Phi) is 5.53. The molecule has 1 aliphatic heterocycles. The predicted octanol–water partition coefficient (Wildman–Crippen LogP) is 3.83. The minimum absolute atomic E-state index is 0.0317. The Hall–Kier alpha value is -2.86. The number of aryl methyl sites for hydroxylation is 3. The lowest BCUT2D eigenvalue weighted by molar-refractivity contribution is 0.0303. The molecule has 1 aromatic carbocycles. The number of fused-ring (bicyclic) bond motifs is 1. The van der Waals surface area contributed by atoms with Gasteiger partial charge in [-0.15, -0.1) is 0 Å².